The summed E-state index contributed by atoms with van der Waals surface area (Å²) in [7, 11) is -2.95. The SMILES string of the molecule is CC(C)NC(=O)C(c1ccccc1)N1CCS(=O)(=O)CC1. The minimum absolute atomic E-state index is 0.0530. The van der Waals surface area contributed by atoms with Crippen LogP contribution in [0.15, 0.2) is 30.3 Å². The summed E-state index contributed by atoms with van der Waals surface area (Å²) in [5.74, 6) is 0.159. The number of rotatable bonds is 4. The molecule has 0 saturated carbocycles. The minimum atomic E-state index is -2.95. The average Bonchev–Trinajstić information content (AvgIpc) is 2.41. The molecule has 0 aliphatic carbocycles. The Labute approximate surface area is 126 Å². The van der Waals surface area contributed by atoms with Crippen molar-refractivity contribution in [3.63, 3.8) is 0 Å². The van der Waals surface area contributed by atoms with Crippen LogP contribution in [-0.2, 0) is 14.6 Å². The second kappa shape index (κ2) is 6.58. The molecule has 0 bridgehead atoms. The van der Waals surface area contributed by atoms with E-state index >= 15 is 0 Å². The first-order valence-electron chi connectivity index (χ1n) is 7.19. The van der Waals surface area contributed by atoms with Gasteiger partial charge in [0.25, 0.3) is 0 Å². The van der Waals surface area contributed by atoms with Crippen LogP contribution in [0.1, 0.15) is 25.5 Å². The molecule has 1 fully saturated rings. The van der Waals surface area contributed by atoms with E-state index in [4.69, 9.17) is 0 Å². The highest BCUT2D eigenvalue weighted by atomic mass is 32.2. The summed E-state index contributed by atoms with van der Waals surface area (Å²) in [5, 5.41) is 2.93. The number of hydrogen-bond donors (Lipinski definition) is 1. The van der Waals surface area contributed by atoms with Gasteiger partial charge < -0.3 is 5.32 Å². The van der Waals surface area contributed by atoms with E-state index in [-0.39, 0.29) is 23.5 Å². The van der Waals surface area contributed by atoms with E-state index in [1.807, 2.05) is 49.1 Å². The second-order valence-corrected chi connectivity index (χ2v) is 7.97. The van der Waals surface area contributed by atoms with Crippen molar-refractivity contribution in [1.29, 1.82) is 0 Å². The van der Waals surface area contributed by atoms with E-state index < -0.39 is 15.9 Å². The maximum Gasteiger partial charge on any atom is 0.242 e. The van der Waals surface area contributed by atoms with Crippen molar-refractivity contribution in [3.8, 4) is 0 Å². The number of carbonyl (C=O) groups excluding carboxylic acids is 1. The van der Waals surface area contributed by atoms with E-state index in [0.717, 1.165) is 5.56 Å². The van der Waals surface area contributed by atoms with Crippen molar-refractivity contribution in [2.45, 2.75) is 25.9 Å². The lowest BCUT2D eigenvalue weighted by Crippen LogP contribution is -2.48. The maximum absolute atomic E-state index is 12.5. The Balaban J connectivity index is 2.22. The van der Waals surface area contributed by atoms with Crippen LogP contribution in [-0.4, -0.2) is 49.9 Å². The van der Waals surface area contributed by atoms with E-state index in [0.29, 0.717) is 13.1 Å². The molecule has 1 amide bonds. The van der Waals surface area contributed by atoms with Crippen molar-refractivity contribution >= 4 is 15.7 Å². The monoisotopic (exact) mass is 310 g/mol. The smallest absolute Gasteiger partial charge is 0.242 e. The molecule has 1 atom stereocenters. The Hall–Kier alpha value is -1.40. The van der Waals surface area contributed by atoms with Crippen molar-refractivity contribution in [2.24, 2.45) is 0 Å². The number of hydrogen-bond acceptors (Lipinski definition) is 4. The van der Waals surface area contributed by atoms with Crippen molar-refractivity contribution in [2.75, 3.05) is 24.6 Å². The van der Waals surface area contributed by atoms with Gasteiger partial charge in [-0.1, -0.05) is 30.3 Å². The molecular formula is C15H22N2O3S. The van der Waals surface area contributed by atoms with Crippen molar-refractivity contribution in [1.82, 2.24) is 10.2 Å². The molecular weight excluding hydrogens is 288 g/mol. The first-order chi connectivity index (χ1) is 9.89. The number of nitrogens with one attached hydrogen (secondary N) is 1. The van der Waals surface area contributed by atoms with Crippen LogP contribution in [0, 0.1) is 0 Å². The van der Waals surface area contributed by atoms with Gasteiger partial charge in [-0.25, -0.2) is 8.42 Å². The second-order valence-electron chi connectivity index (χ2n) is 5.66. The molecule has 0 aromatic heterocycles. The van der Waals surface area contributed by atoms with Gasteiger partial charge in [-0.05, 0) is 19.4 Å². The van der Waals surface area contributed by atoms with Gasteiger partial charge >= 0.3 is 0 Å². The minimum Gasteiger partial charge on any atom is -0.352 e. The highest BCUT2D eigenvalue weighted by Gasteiger charge is 2.32. The fraction of sp³-hybridized carbons (Fsp3) is 0.533. The number of carbonyl (C=O) groups is 1. The maximum atomic E-state index is 12.5. The Morgan fingerprint density at radius 3 is 2.24 bits per heavy atom. The molecule has 1 heterocycles. The molecule has 6 heteroatoms. The predicted octanol–water partition coefficient (Wildman–Crippen LogP) is 0.983. The summed E-state index contributed by atoms with van der Waals surface area (Å²) in [5.41, 5.74) is 0.898. The van der Waals surface area contributed by atoms with Crippen LogP contribution in [0.25, 0.3) is 0 Å². The van der Waals surface area contributed by atoms with Gasteiger partial charge in [0.1, 0.15) is 6.04 Å². The molecule has 1 unspecified atom stereocenters. The molecule has 1 aromatic rings. The van der Waals surface area contributed by atoms with Gasteiger partial charge in [-0.3, -0.25) is 9.69 Å². The third-order valence-electron chi connectivity index (χ3n) is 3.54. The molecule has 116 valence electrons. The third-order valence-corrected chi connectivity index (χ3v) is 5.15. The van der Waals surface area contributed by atoms with Gasteiger partial charge in [0, 0.05) is 19.1 Å². The van der Waals surface area contributed by atoms with Crippen LogP contribution < -0.4 is 5.32 Å². The lowest BCUT2D eigenvalue weighted by atomic mass is 10.0. The zero-order valence-electron chi connectivity index (χ0n) is 12.5. The van der Waals surface area contributed by atoms with Crippen molar-refractivity contribution in [3.05, 3.63) is 35.9 Å². The zero-order valence-corrected chi connectivity index (χ0v) is 13.3. The quantitative estimate of drug-likeness (QED) is 0.900. The first-order valence-corrected chi connectivity index (χ1v) is 9.01. The van der Waals surface area contributed by atoms with E-state index in [2.05, 4.69) is 5.32 Å². The van der Waals surface area contributed by atoms with Gasteiger partial charge in [-0.15, -0.1) is 0 Å². The van der Waals surface area contributed by atoms with Crippen LogP contribution in [0.5, 0.6) is 0 Å². The van der Waals surface area contributed by atoms with Crippen LogP contribution in [0.4, 0.5) is 0 Å². The number of benzene rings is 1. The van der Waals surface area contributed by atoms with Gasteiger partial charge in [-0.2, -0.15) is 0 Å². The zero-order chi connectivity index (χ0) is 15.5. The lowest BCUT2D eigenvalue weighted by Gasteiger charge is -2.34. The van der Waals surface area contributed by atoms with E-state index in [1.54, 1.807) is 0 Å². The first kappa shape index (κ1) is 16.0. The third kappa shape index (κ3) is 4.28. The number of sulfone groups is 1. The molecule has 0 radical (unpaired) electrons. The molecule has 2 rings (SSSR count). The Morgan fingerprint density at radius 1 is 1.14 bits per heavy atom. The van der Waals surface area contributed by atoms with Crippen LogP contribution >= 0.6 is 0 Å². The van der Waals surface area contributed by atoms with E-state index in [9.17, 15) is 13.2 Å². The van der Waals surface area contributed by atoms with Gasteiger partial charge in [0.15, 0.2) is 9.84 Å². The molecule has 5 nitrogen and oxygen atoms in total. The normalized spacial score (nSPS) is 20.1. The largest absolute Gasteiger partial charge is 0.352 e. The standard InChI is InChI=1S/C15H22N2O3S/c1-12(2)16-15(18)14(13-6-4-3-5-7-13)17-8-10-21(19,20)11-9-17/h3-7,12,14H,8-11H2,1-2H3,(H,16,18). The summed E-state index contributed by atoms with van der Waals surface area (Å²) < 4.78 is 23.2. The average molecular weight is 310 g/mol. The van der Waals surface area contributed by atoms with Crippen LogP contribution in [0.3, 0.4) is 0 Å². The fourth-order valence-corrected chi connectivity index (χ4v) is 3.74. The van der Waals surface area contributed by atoms with E-state index in [1.165, 1.54) is 0 Å². The number of nitrogens with zero attached hydrogens (tertiary/aromatic N) is 1. The fourth-order valence-electron chi connectivity index (χ4n) is 2.51. The Morgan fingerprint density at radius 2 is 1.71 bits per heavy atom. The molecule has 0 spiro atoms. The molecule has 1 aromatic carbocycles. The topological polar surface area (TPSA) is 66.5 Å². The summed E-state index contributed by atoms with van der Waals surface area (Å²) in [6, 6.07) is 9.14. The highest BCUT2D eigenvalue weighted by molar-refractivity contribution is 7.91. The molecule has 1 aliphatic heterocycles. The van der Waals surface area contributed by atoms with Gasteiger partial charge in [0.2, 0.25) is 5.91 Å². The summed E-state index contributed by atoms with van der Waals surface area (Å²) in [6.45, 7) is 4.63. The van der Waals surface area contributed by atoms with Crippen molar-refractivity contribution < 1.29 is 13.2 Å². The lowest BCUT2D eigenvalue weighted by molar-refractivity contribution is -0.127. The summed E-state index contributed by atoms with van der Waals surface area (Å²) >= 11 is 0. The summed E-state index contributed by atoms with van der Waals surface area (Å²) in [6.07, 6.45) is 0. The molecule has 1 N–H and O–H groups in total. The molecule has 21 heavy (non-hydrogen) atoms. The highest BCUT2D eigenvalue weighted by Crippen LogP contribution is 2.23. The molecule has 1 saturated heterocycles. The van der Waals surface area contributed by atoms with Gasteiger partial charge in [0.05, 0.1) is 11.5 Å². The Bertz CT molecular complexity index is 570. The summed E-state index contributed by atoms with van der Waals surface area (Å²) in [4.78, 5) is 14.5. The van der Waals surface area contributed by atoms with Crippen LogP contribution in [0.2, 0.25) is 0 Å². The number of amides is 1. The molecule has 1 aliphatic rings. The predicted molar refractivity (Wildman–Crippen MR) is 82.7 cm³/mol. The Kier molecular flexibility index (Phi) is 5.00.